The van der Waals surface area contributed by atoms with Gasteiger partial charge in [-0.15, -0.1) is 0 Å². The van der Waals surface area contributed by atoms with E-state index in [0.717, 1.165) is 31.4 Å². The fourth-order valence-corrected chi connectivity index (χ4v) is 4.92. The van der Waals surface area contributed by atoms with Crippen molar-refractivity contribution in [1.82, 2.24) is 4.90 Å². The second-order valence-corrected chi connectivity index (χ2v) is 8.26. The van der Waals surface area contributed by atoms with Crippen molar-refractivity contribution in [2.75, 3.05) is 6.54 Å². The van der Waals surface area contributed by atoms with Gasteiger partial charge < -0.3 is 10.0 Å². The van der Waals surface area contributed by atoms with E-state index in [-0.39, 0.29) is 17.2 Å². The Bertz CT molecular complexity index is 803. The van der Waals surface area contributed by atoms with E-state index in [1.807, 2.05) is 30.3 Å². The molecule has 2 fully saturated rings. The van der Waals surface area contributed by atoms with Gasteiger partial charge in [0.2, 0.25) is 5.91 Å². The maximum Gasteiger partial charge on any atom is 0.230 e. The zero-order chi connectivity index (χ0) is 18.3. The summed E-state index contributed by atoms with van der Waals surface area (Å²) in [7, 11) is 0. The Balaban J connectivity index is 1.59. The third-order valence-corrected chi connectivity index (χ3v) is 6.74. The lowest BCUT2D eigenvalue weighted by Gasteiger charge is -2.52. The zero-order valence-electron chi connectivity index (χ0n) is 15.6. The van der Waals surface area contributed by atoms with E-state index < -0.39 is 0 Å². The average Bonchev–Trinajstić information content (AvgIpc) is 2.64. The van der Waals surface area contributed by atoms with Crippen LogP contribution in [0.3, 0.4) is 0 Å². The minimum absolute atomic E-state index is 0.00442. The molecule has 26 heavy (non-hydrogen) atoms. The van der Waals surface area contributed by atoms with Crippen molar-refractivity contribution in [2.45, 2.75) is 50.5 Å². The first-order valence-electron chi connectivity index (χ1n) is 9.64. The molecule has 3 heteroatoms. The van der Waals surface area contributed by atoms with Crippen molar-refractivity contribution in [3.05, 3.63) is 65.7 Å². The molecule has 2 heterocycles. The normalized spacial score (nSPS) is 31.5. The first kappa shape index (κ1) is 17.1. The van der Waals surface area contributed by atoms with Gasteiger partial charge >= 0.3 is 0 Å². The van der Waals surface area contributed by atoms with Gasteiger partial charge in [0.05, 0.1) is 5.92 Å². The number of rotatable bonds is 2. The average molecular weight is 349 g/mol. The summed E-state index contributed by atoms with van der Waals surface area (Å²) in [6, 6.07) is 18.1. The maximum absolute atomic E-state index is 13.2. The molecule has 2 aliphatic heterocycles. The Hall–Kier alpha value is -2.29. The van der Waals surface area contributed by atoms with Crippen LogP contribution in [0, 0.1) is 5.92 Å². The maximum atomic E-state index is 13.2. The smallest absolute Gasteiger partial charge is 0.230 e. The van der Waals surface area contributed by atoms with Crippen LogP contribution in [0.2, 0.25) is 0 Å². The van der Waals surface area contributed by atoms with E-state index in [0.29, 0.717) is 17.7 Å². The summed E-state index contributed by atoms with van der Waals surface area (Å²) in [6.07, 6.45) is 2.94. The fraction of sp³-hybridized carbons (Fsp3) is 0.435. The number of amides is 1. The quantitative estimate of drug-likeness (QED) is 0.869. The van der Waals surface area contributed by atoms with Crippen molar-refractivity contribution < 1.29 is 9.90 Å². The largest absolute Gasteiger partial charge is 0.508 e. The van der Waals surface area contributed by atoms with E-state index in [9.17, 15) is 9.90 Å². The zero-order valence-corrected chi connectivity index (χ0v) is 15.6. The molecule has 0 saturated carbocycles. The predicted molar refractivity (Wildman–Crippen MR) is 103 cm³/mol. The predicted octanol–water partition coefficient (Wildman–Crippen LogP) is 4.46. The minimum atomic E-state index is -0.0141. The van der Waals surface area contributed by atoms with Gasteiger partial charge in [0.15, 0.2) is 0 Å². The van der Waals surface area contributed by atoms with E-state index in [4.69, 9.17) is 0 Å². The summed E-state index contributed by atoms with van der Waals surface area (Å²) < 4.78 is 0. The molecule has 2 saturated heterocycles. The van der Waals surface area contributed by atoms with Gasteiger partial charge in [0, 0.05) is 12.6 Å². The number of hydrogen-bond acceptors (Lipinski definition) is 2. The van der Waals surface area contributed by atoms with Crippen molar-refractivity contribution in [3.63, 3.8) is 0 Å². The Morgan fingerprint density at radius 1 is 1.08 bits per heavy atom. The second-order valence-electron chi connectivity index (χ2n) is 8.26. The van der Waals surface area contributed by atoms with Gasteiger partial charge in [0.25, 0.3) is 0 Å². The van der Waals surface area contributed by atoms with Gasteiger partial charge in [0.1, 0.15) is 5.75 Å². The summed E-state index contributed by atoms with van der Waals surface area (Å²) in [6.45, 7) is 5.32. The lowest BCUT2D eigenvalue weighted by atomic mass is 9.64. The van der Waals surface area contributed by atoms with E-state index >= 15 is 0 Å². The van der Waals surface area contributed by atoms with Crippen LogP contribution < -0.4 is 0 Å². The molecule has 1 amide bonds. The number of phenolic OH excluding ortho intramolecular Hbond substituents is 1. The molecule has 0 unspecified atom stereocenters. The first-order valence-corrected chi connectivity index (χ1v) is 9.64. The highest BCUT2D eigenvalue weighted by Gasteiger charge is 2.47. The molecule has 2 aromatic rings. The number of carbonyl (C=O) groups is 1. The Kier molecular flexibility index (Phi) is 4.26. The third-order valence-electron chi connectivity index (χ3n) is 6.74. The molecule has 0 spiro atoms. The van der Waals surface area contributed by atoms with Crippen LogP contribution in [-0.4, -0.2) is 28.5 Å². The van der Waals surface area contributed by atoms with Gasteiger partial charge in [-0.1, -0.05) is 56.3 Å². The second kappa shape index (κ2) is 6.46. The van der Waals surface area contributed by atoms with Gasteiger partial charge in [-0.25, -0.2) is 0 Å². The summed E-state index contributed by atoms with van der Waals surface area (Å²) in [5.74, 6) is 0.961. The fourth-order valence-electron chi connectivity index (χ4n) is 4.92. The SMILES string of the molecule is C[C@H]1CN2C(=O)[C@@H](c3ccccc3)CC[C@H]2C[C@@]1(C)c1cccc(O)c1. The Morgan fingerprint density at radius 3 is 2.58 bits per heavy atom. The number of benzene rings is 2. The molecule has 1 N–H and O–H groups in total. The minimum Gasteiger partial charge on any atom is -0.508 e. The van der Waals surface area contributed by atoms with Crippen LogP contribution >= 0.6 is 0 Å². The third kappa shape index (κ3) is 2.80. The number of piperidine rings is 2. The molecule has 2 aromatic carbocycles. The number of fused-ring (bicyclic) bond motifs is 1. The summed E-state index contributed by atoms with van der Waals surface area (Å²) in [5, 5.41) is 9.92. The van der Waals surface area contributed by atoms with Crippen LogP contribution in [0.15, 0.2) is 54.6 Å². The van der Waals surface area contributed by atoms with Gasteiger partial charge in [-0.3, -0.25) is 4.79 Å². The number of carbonyl (C=O) groups excluding carboxylic acids is 1. The number of hydrogen-bond donors (Lipinski definition) is 1. The molecule has 4 rings (SSSR count). The van der Waals surface area contributed by atoms with Crippen molar-refractivity contribution in [1.29, 1.82) is 0 Å². The van der Waals surface area contributed by atoms with E-state index in [2.05, 4.69) is 36.9 Å². The molecule has 2 aliphatic rings. The van der Waals surface area contributed by atoms with E-state index in [1.54, 1.807) is 6.07 Å². The highest BCUT2D eigenvalue weighted by Crippen LogP contribution is 2.46. The molecule has 4 atom stereocenters. The standard InChI is InChI=1S/C23H27NO2/c1-16-15-24-19(14-23(16,2)18-9-6-10-20(25)13-18)11-12-21(22(24)26)17-7-4-3-5-8-17/h3-10,13,16,19,21,25H,11-12,14-15H2,1-2H3/t16-,19-,21+,23+/m0/s1. The molecular weight excluding hydrogens is 322 g/mol. The van der Waals surface area contributed by atoms with E-state index in [1.165, 1.54) is 5.56 Å². The molecule has 0 radical (unpaired) electrons. The number of phenols is 1. The van der Waals surface area contributed by atoms with Crippen LogP contribution in [0.25, 0.3) is 0 Å². The summed E-state index contributed by atoms with van der Waals surface area (Å²) in [5.41, 5.74) is 2.31. The summed E-state index contributed by atoms with van der Waals surface area (Å²) >= 11 is 0. The van der Waals surface area contributed by atoms with Crippen molar-refractivity contribution >= 4 is 5.91 Å². The molecule has 0 aliphatic carbocycles. The van der Waals surface area contributed by atoms with Crippen LogP contribution in [0.4, 0.5) is 0 Å². The highest BCUT2D eigenvalue weighted by molar-refractivity contribution is 5.85. The van der Waals surface area contributed by atoms with Crippen molar-refractivity contribution in [3.8, 4) is 5.75 Å². The van der Waals surface area contributed by atoms with Gasteiger partial charge in [-0.2, -0.15) is 0 Å². The highest BCUT2D eigenvalue weighted by atomic mass is 16.3. The Labute approximate surface area is 155 Å². The molecule has 0 bridgehead atoms. The molecular formula is C23H27NO2. The number of aromatic hydroxyl groups is 1. The summed E-state index contributed by atoms with van der Waals surface area (Å²) in [4.78, 5) is 15.3. The number of nitrogens with zero attached hydrogens (tertiary/aromatic N) is 1. The monoisotopic (exact) mass is 349 g/mol. The van der Waals surface area contributed by atoms with Crippen LogP contribution in [0.1, 0.15) is 50.2 Å². The molecule has 0 aromatic heterocycles. The Morgan fingerprint density at radius 2 is 1.85 bits per heavy atom. The van der Waals surface area contributed by atoms with Gasteiger partial charge in [-0.05, 0) is 53.9 Å². The van der Waals surface area contributed by atoms with Crippen molar-refractivity contribution in [2.24, 2.45) is 5.92 Å². The molecule has 136 valence electrons. The molecule has 3 nitrogen and oxygen atoms in total. The lowest BCUT2D eigenvalue weighted by Crippen LogP contribution is -2.57. The lowest BCUT2D eigenvalue weighted by molar-refractivity contribution is -0.143. The first-order chi connectivity index (χ1) is 12.5. The van der Waals surface area contributed by atoms with Crippen LogP contribution in [-0.2, 0) is 10.2 Å². The van der Waals surface area contributed by atoms with Crippen LogP contribution in [0.5, 0.6) is 5.75 Å². The topological polar surface area (TPSA) is 40.5 Å².